The standard InChI is InChI=1S/C20H22FNO4/c1-13-11-16(21)7-8-17(13)22-20(24)5-4-10-26-18-9-6-15(14(2)23)12-19(18)25-3/h6-9,11-12H,4-5,10H2,1-3H3,(H,22,24). The van der Waals surface area contributed by atoms with Crippen molar-refractivity contribution in [2.24, 2.45) is 0 Å². The molecule has 138 valence electrons. The van der Waals surface area contributed by atoms with Gasteiger partial charge in [0.1, 0.15) is 5.82 Å². The number of amides is 1. The first-order chi connectivity index (χ1) is 12.4. The molecule has 0 aliphatic carbocycles. The highest BCUT2D eigenvalue weighted by molar-refractivity contribution is 5.94. The highest BCUT2D eigenvalue weighted by Crippen LogP contribution is 2.28. The molecule has 0 fully saturated rings. The van der Waals surface area contributed by atoms with Gasteiger partial charge in [-0.2, -0.15) is 0 Å². The summed E-state index contributed by atoms with van der Waals surface area (Å²) in [7, 11) is 1.50. The number of benzene rings is 2. The molecule has 0 aliphatic heterocycles. The largest absolute Gasteiger partial charge is 0.493 e. The highest BCUT2D eigenvalue weighted by Gasteiger charge is 2.09. The van der Waals surface area contributed by atoms with Gasteiger partial charge in [0, 0.05) is 17.7 Å². The van der Waals surface area contributed by atoms with Gasteiger partial charge in [0.2, 0.25) is 5.91 Å². The molecule has 2 rings (SSSR count). The first-order valence-electron chi connectivity index (χ1n) is 8.28. The minimum Gasteiger partial charge on any atom is -0.493 e. The maximum atomic E-state index is 13.1. The molecule has 0 bridgehead atoms. The summed E-state index contributed by atoms with van der Waals surface area (Å²) in [5.41, 5.74) is 1.81. The van der Waals surface area contributed by atoms with Crippen LogP contribution in [-0.2, 0) is 4.79 Å². The van der Waals surface area contributed by atoms with Crippen LogP contribution in [0.25, 0.3) is 0 Å². The minimum atomic E-state index is -0.335. The zero-order valence-corrected chi connectivity index (χ0v) is 15.1. The molecule has 0 radical (unpaired) electrons. The van der Waals surface area contributed by atoms with Crippen LogP contribution in [0.5, 0.6) is 11.5 Å². The number of ketones is 1. The van der Waals surface area contributed by atoms with E-state index >= 15 is 0 Å². The van der Waals surface area contributed by atoms with Gasteiger partial charge >= 0.3 is 0 Å². The average molecular weight is 359 g/mol. The summed E-state index contributed by atoms with van der Waals surface area (Å²) in [5.74, 6) is 0.444. The number of hydrogen-bond acceptors (Lipinski definition) is 4. The molecule has 0 saturated carbocycles. The summed E-state index contributed by atoms with van der Waals surface area (Å²) in [5, 5.41) is 2.76. The summed E-state index contributed by atoms with van der Waals surface area (Å²) in [6.45, 7) is 3.54. The van der Waals surface area contributed by atoms with Crippen molar-refractivity contribution in [2.75, 3.05) is 19.0 Å². The van der Waals surface area contributed by atoms with Crippen molar-refractivity contribution in [3.05, 3.63) is 53.3 Å². The number of Topliss-reactive ketones (excluding diaryl/α,β-unsaturated/α-hetero) is 1. The van der Waals surface area contributed by atoms with Crippen molar-refractivity contribution in [3.8, 4) is 11.5 Å². The second-order valence-electron chi connectivity index (χ2n) is 5.88. The number of methoxy groups -OCH3 is 1. The number of carbonyl (C=O) groups excluding carboxylic acids is 2. The first kappa shape index (κ1) is 19.4. The van der Waals surface area contributed by atoms with Gasteiger partial charge in [0.25, 0.3) is 0 Å². The lowest BCUT2D eigenvalue weighted by atomic mass is 10.1. The van der Waals surface area contributed by atoms with Gasteiger partial charge in [0.05, 0.1) is 13.7 Å². The minimum absolute atomic E-state index is 0.0531. The summed E-state index contributed by atoms with van der Waals surface area (Å²) < 4.78 is 23.9. The molecular weight excluding hydrogens is 337 g/mol. The SMILES string of the molecule is COc1cc(C(C)=O)ccc1OCCCC(=O)Nc1ccc(F)cc1C. The van der Waals surface area contributed by atoms with Gasteiger partial charge in [-0.05, 0) is 62.2 Å². The number of nitrogens with one attached hydrogen (secondary N) is 1. The predicted molar refractivity (Wildman–Crippen MR) is 97.5 cm³/mol. The zero-order chi connectivity index (χ0) is 19.1. The van der Waals surface area contributed by atoms with E-state index < -0.39 is 0 Å². The predicted octanol–water partition coefficient (Wildman–Crippen LogP) is 4.14. The Bertz CT molecular complexity index is 804. The van der Waals surface area contributed by atoms with Crippen LogP contribution in [0.4, 0.5) is 10.1 Å². The van der Waals surface area contributed by atoms with Gasteiger partial charge in [-0.25, -0.2) is 4.39 Å². The molecule has 0 heterocycles. The van der Waals surface area contributed by atoms with Crippen LogP contribution in [0, 0.1) is 12.7 Å². The molecule has 6 heteroatoms. The highest BCUT2D eigenvalue weighted by atomic mass is 19.1. The second kappa shape index (κ2) is 8.99. The molecule has 0 aromatic heterocycles. The number of hydrogen-bond donors (Lipinski definition) is 1. The third kappa shape index (κ3) is 5.31. The van der Waals surface area contributed by atoms with Crippen LogP contribution >= 0.6 is 0 Å². The van der Waals surface area contributed by atoms with Crippen LogP contribution in [0.2, 0.25) is 0 Å². The van der Waals surface area contributed by atoms with E-state index in [1.165, 1.54) is 26.2 Å². The fraction of sp³-hybridized carbons (Fsp3) is 0.300. The molecule has 5 nitrogen and oxygen atoms in total. The number of ether oxygens (including phenoxy) is 2. The van der Waals surface area contributed by atoms with E-state index in [9.17, 15) is 14.0 Å². The maximum Gasteiger partial charge on any atom is 0.224 e. The summed E-state index contributed by atoms with van der Waals surface area (Å²) in [4.78, 5) is 23.4. The molecule has 0 atom stereocenters. The second-order valence-corrected chi connectivity index (χ2v) is 5.88. The van der Waals surface area contributed by atoms with Gasteiger partial charge in [-0.1, -0.05) is 0 Å². The zero-order valence-electron chi connectivity index (χ0n) is 15.1. The lowest BCUT2D eigenvalue weighted by molar-refractivity contribution is -0.116. The Labute approximate surface area is 152 Å². The molecular formula is C20H22FNO4. The van der Waals surface area contributed by atoms with E-state index in [-0.39, 0.29) is 23.9 Å². The third-order valence-electron chi connectivity index (χ3n) is 3.84. The van der Waals surface area contributed by atoms with Crippen molar-refractivity contribution < 1.29 is 23.5 Å². The molecule has 0 spiro atoms. The average Bonchev–Trinajstić information content (AvgIpc) is 2.61. The summed E-state index contributed by atoms with van der Waals surface area (Å²) in [6.07, 6.45) is 0.772. The van der Waals surface area contributed by atoms with Gasteiger partial charge in [0.15, 0.2) is 17.3 Å². The van der Waals surface area contributed by atoms with Gasteiger partial charge < -0.3 is 14.8 Å². The third-order valence-corrected chi connectivity index (χ3v) is 3.84. The maximum absolute atomic E-state index is 13.1. The van der Waals surface area contributed by atoms with Crippen LogP contribution < -0.4 is 14.8 Å². The molecule has 1 N–H and O–H groups in total. The smallest absolute Gasteiger partial charge is 0.224 e. The Morgan fingerprint density at radius 3 is 2.54 bits per heavy atom. The van der Waals surface area contributed by atoms with Crippen molar-refractivity contribution in [2.45, 2.75) is 26.7 Å². The molecule has 2 aromatic rings. The number of anilines is 1. The van der Waals surface area contributed by atoms with Crippen molar-refractivity contribution in [1.82, 2.24) is 0 Å². The molecule has 0 saturated heterocycles. The van der Waals surface area contributed by atoms with Crippen molar-refractivity contribution in [1.29, 1.82) is 0 Å². The fourth-order valence-corrected chi connectivity index (χ4v) is 2.40. The van der Waals surface area contributed by atoms with E-state index in [0.29, 0.717) is 41.3 Å². The number of carbonyl (C=O) groups is 2. The topological polar surface area (TPSA) is 64.6 Å². The Hall–Kier alpha value is -2.89. The molecule has 26 heavy (non-hydrogen) atoms. The first-order valence-corrected chi connectivity index (χ1v) is 8.28. The monoisotopic (exact) mass is 359 g/mol. The molecule has 0 aliphatic rings. The van der Waals surface area contributed by atoms with Gasteiger partial charge in [-0.15, -0.1) is 0 Å². The van der Waals surface area contributed by atoms with E-state index in [1.54, 1.807) is 31.2 Å². The van der Waals surface area contributed by atoms with Crippen LogP contribution in [0.15, 0.2) is 36.4 Å². The Morgan fingerprint density at radius 2 is 1.88 bits per heavy atom. The lowest BCUT2D eigenvalue weighted by Crippen LogP contribution is -2.13. The van der Waals surface area contributed by atoms with E-state index in [4.69, 9.17) is 9.47 Å². The van der Waals surface area contributed by atoms with E-state index in [1.807, 2.05) is 0 Å². The number of halogens is 1. The Kier molecular flexibility index (Phi) is 6.72. The normalized spacial score (nSPS) is 10.3. The number of rotatable bonds is 8. The lowest BCUT2D eigenvalue weighted by Gasteiger charge is -2.12. The fourth-order valence-electron chi connectivity index (χ4n) is 2.40. The Morgan fingerprint density at radius 1 is 1.12 bits per heavy atom. The molecule has 2 aromatic carbocycles. The van der Waals surface area contributed by atoms with Crippen LogP contribution in [0.3, 0.4) is 0 Å². The van der Waals surface area contributed by atoms with Crippen LogP contribution in [0.1, 0.15) is 35.7 Å². The van der Waals surface area contributed by atoms with E-state index in [2.05, 4.69) is 5.32 Å². The van der Waals surface area contributed by atoms with Crippen LogP contribution in [-0.4, -0.2) is 25.4 Å². The van der Waals surface area contributed by atoms with Gasteiger partial charge in [-0.3, -0.25) is 9.59 Å². The molecule has 1 amide bonds. The van der Waals surface area contributed by atoms with Crippen molar-refractivity contribution in [3.63, 3.8) is 0 Å². The summed E-state index contributed by atoms with van der Waals surface area (Å²) >= 11 is 0. The quantitative estimate of drug-likeness (QED) is 0.568. The molecule has 0 unspecified atom stereocenters. The van der Waals surface area contributed by atoms with Crippen molar-refractivity contribution >= 4 is 17.4 Å². The Balaban J connectivity index is 1.83. The summed E-state index contributed by atoms with van der Waals surface area (Å²) in [6, 6.07) is 9.20. The number of aryl methyl sites for hydroxylation is 1. The van der Waals surface area contributed by atoms with E-state index in [0.717, 1.165) is 0 Å².